The number of ketones is 2. The van der Waals surface area contributed by atoms with Crippen molar-refractivity contribution < 1.29 is 34.4 Å². The molecule has 1 aliphatic heterocycles. The summed E-state index contributed by atoms with van der Waals surface area (Å²) in [5.74, 6) is -3.75. The van der Waals surface area contributed by atoms with Gasteiger partial charge in [-0.25, -0.2) is 0 Å². The molecule has 4 aliphatic rings. The van der Waals surface area contributed by atoms with Crippen LogP contribution in [0.15, 0.2) is 35.6 Å². The number of hydrogen-bond donors (Lipinski definition) is 3. The molecule has 0 spiro atoms. The third kappa shape index (κ3) is 1.92. The number of ether oxygens (including phenoxy) is 1. The summed E-state index contributed by atoms with van der Waals surface area (Å²) < 4.78 is 5.35. The van der Waals surface area contributed by atoms with E-state index in [2.05, 4.69) is 0 Å². The van der Waals surface area contributed by atoms with E-state index in [1.807, 2.05) is 0 Å². The average Bonchev–Trinajstić information content (AvgIpc) is 2.93. The Kier molecular flexibility index (Phi) is 4.01. The van der Waals surface area contributed by atoms with Crippen LogP contribution in [0.25, 0.3) is 0 Å². The number of carbonyl (C=O) groups excluding carboxylic acids is 3. The highest BCUT2D eigenvalue weighted by atomic mass is 16.6. The van der Waals surface area contributed by atoms with Gasteiger partial charge in [-0.05, 0) is 26.8 Å². The molecular weight excluding hydrogens is 340 g/mol. The minimum atomic E-state index is -2.02. The summed E-state index contributed by atoms with van der Waals surface area (Å²) in [5, 5.41) is 31.4. The lowest BCUT2D eigenvalue weighted by Gasteiger charge is -2.60. The van der Waals surface area contributed by atoms with Gasteiger partial charge in [0, 0.05) is 5.57 Å². The summed E-state index contributed by atoms with van der Waals surface area (Å²) in [6.07, 6.45) is 4.78. The maximum absolute atomic E-state index is 13.2. The van der Waals surface area contributed by atoms with E-state index in [1.165, 1.54) is 26.0 Å². The summed E-state index contributed by atoms with van der Waals surface area (Å²) >= 11 is 0. The Balaban J connectivity index is 2.30. The Morgan fingerprint density at radius 1 is 1.27 bits per heavy atom. The van der Waals surface area contributed by atoms with E-state index in [4.69, 9.17) is 4.74 Å². The number of fused-ring (bicyclic) bond motifs is 2. The zero-order valence-corrected chi connectivity index (χ0v) is 14.9. The zero-order valence-electron chi connectivity index (χ0n) is 14.9. The summed E-state index contributed by atoms with van der Waals surface area (Å²) in [4.78, 5) is 38.2. The smallest absolute Gasteiger partial charge is 0.306 e. The van der Waals surface area contributed by atoms with Crippen molar-refractivity contribution in [2.45, 2.75) is 38.9 Å². The SMILES string of the molecule is C/C=C/C=C/C(O)=C1/C(=O)[C@]2(C)C(=O)[C@@](C)(O)[C@H]1[C@@H]1OC(=O)C[C@@]12CO. The molecule has 0 aromatic heterocycles. The van der Waals surface area contributed by atoms with E-state index in [0.29, 0.717) is 0 Å². The first kappa shape index (κ1) is 18.5. The quantitative estimate of drug-likeness (QED) is 0.223. The maximum atomic E-state index is 13.2. The van der Waals surface area contributed by atoms with Crippen LogP contribution in [0.1, 0.15) is 27.2 Å². The maximum Gasteiger partial charge on any atom is 0.306 e. The summed E-state index contributed by atoms with van der Waals surface area (Å²) in [6.45, 7) is 3.73. The van der Waals surface area contributed by atoms with Gasteiger partial charge in [-0.1, -0.05) is 18.2 Å². The summed E-state index contributed by atoms with van der Waals surface area (Å²) in [6, 6.07) is 0. The standard InChI is InChI=1S/C19H22O7/c1-4-5-6-7-10(21)12-13-15-19(9-20,8-11(22)26-15)17(2,14(12)23)16(24)18(13,3)25/h4-7,13,15,20-21,25H,8-9H2,1-3H3/b5-4+,7-6+,12-10-/t13-,15+,17-,18+,19-/m1/s1. The van der Waals surface area contributed by atoms with Crippen LogP contribution in [0.3, 0.4) is 0 Å². The van der Waals surface area contributed by atoms with Crippen molar-refractivity contribution >= 4 is 17.5 Å². The Hall–Kier alpha value is -2.25. The lowest BCUT2D eigenvalue weighted by molar-refractivity contribution is -0.210. The van der Waals surface area contributed by atoms with Crippen LogP contribution < -0.4 is 0 Å². The van der Waals surface area contributed by atoms with Crippen LogP contribution in [0.4, 0.5) is 0 Å². The van der Waals surface area contributed by atoms with Gasteiger partial charge in [-0.2, -0.15) is 0 Å². The lowest BCUT2D eigenvalue weighted by atomic mass is 9.40. The van der Waals surface area contributed by atoms with Crippen molar-refractivity contribution in [1.82, 2.24) is 0 Å². The van der Waals surface area contributed by atoms with Crippen LogP contribution in [-0.2, 0) is 19.1 Å². The third-order valence-corrected chi connectivity index (χ3v) is 6.21. The van der Waals surface area contributed by atoms with Crippen LogP contribution in [0, 0.1) is 16.7 Å². The number of rotatable bonds is 3. The number of esters is 1. The molecule has 1 heterocycles. The Labute approximate surface area is 150 Å². The molecular formula is C19H22O7. The normalized spacial score (nSPS) is 44.1. The number of aliphatic hydroxyl groups excluding tert-OH is 2. The topological polar surface area (TPSA) is 121 Å². The molecule has 3 saturated carbocycles. The van der Waals surface area contributed by atoms with E-state index in [-0.39, 0.29) is 12.0 Å². The molecule has 7 nitrogen and oxygen atoms in total. The second-order valence-electron chi connectivity index (χ2n) is 7.49. The highest BCUT2D eigenvalue weighted by molar-refractivity contribution is 6.22. The molecule has 3 aliphatic carbocycles. The van der Waals surface area contributed by atoms with Crippen LogP contribution in [-0.4, -0.2) is 51.2 Å². The van der Waals surface area contributed by atoms with Gasteiger partial charge in [0.25, 0.3) is 0 Å². The molecule has 1 saturated heterocycles. The summed E-state index contributed by atoms with van der Waals surface area (Å²) in [7, 11) is 0. The molecule has 0 amide bonds. The molecule has 3 N–H and O–H groups in total. The molecule has 140 valence electrons. The minimum absolute atomic E-state index is 0.151. The second-order valence-corrected chi connectivity index (χ2v) is 7.49. The van der Waals surface area contributed by atoms with E-state index in [0.717, 1.165) is 0 Å². The molecule has 0 aromatic carbocycles. The molecule has 2 bridgehead atoms. The van der Waals surface area contributed by atoms with Crippen molar-refractivity contribution in [3.8, 4) is 0 Å². The zero-order chi connectivity index (χ0) is 19.5. The van der Waals surface area contributed by atoms with Gasteiger partial charge in [0.1, 0.15) is 22.9 Å². The summed E-state index contributed by atoms with van der Waals surface area (Å²) in [5.41, 5.74) is -5.49. The Morgan fingerprint density at radius 3 is 2.50 bits per heavy atom. The first-order valence-electron chi connectivity index (χ1n) is 8.44. The fourth-order valence-electron chi connectivity index (χ4n) is 4.77. The second kappa shape index (κ2) is 5.62. The molecule has 4 rings (SSSR count). The van der Waals surface area contributed by atoms with Gasteiger partial charge >= 0.3 is 5.97 Å². The van der Waals surface area contributed by atoms with Crippen LogP contribution >= 0.6 is 0 Å². The predicted molar refractivity (Wildman–Crippen MR) is 89.9 cm³/mol. The number of aliphatic hydroxyl groups is 3. The number of allylic oxidation sites excluding steroid dienone is 4. The number of carbonyl (C=O) groups is 3. The molecule has 0 aromatic rings. The first-order chi connectivity index (χ1) is 12.1. The minimum Gasteiger partial charge on any atom is -0.508 e. The van der Waals surface area contributed by atoms with Gasteiger partial charge in [-0.3, -0.25) is 14.4 Å². The molecule has 4 fully saturated rings. The fourth-order valence-corrected chi connectivity index (χ4v) is 4.77. The monoisotopic (exact) mass is 362 g/mol. The average molecular weight is 362 g/mol. The van der Waals surface area contributed by atoms with Crippen molar-refractivity contribution in [1.29, 1.82) is 0 Å². The van der Waals surface area contributed by atoms with E-state index in [9.17, 15) is 29.7 Å². The van der Waals surface area contributed by atoms with Gasteiger partial charge in [0.2, 0.25) is 0 Å². The van der Waals surface area contributed by atoms with Crippen molar-refractivity contribution in [2.24, 2.45) is 16.7 Å². The highest BCUT2D eigenvalue weighted by Crippen LogP contribution is 2.66. The highest BCUT2D eigenvalue weighted by Gasteiger charge is 2.80. The lowest BCUT2D eigenvalue weighted by Crippen LogP contribution is -2.76. The van der Waals surface area contributed by atoms with E-state index < -0.39 is 58.4 Å². The fraction of sp³-hybridized carbons (Fsp3) is 0.526. The molecule has 0 unspecified atom stereocenters. The van der Waals surface area contributed by atoms with Crippen LogP contribution in [0.2, 0.25) is 0 Å². The van der Waals surface area contributed by atoms with Crippen molar-refractivity contribution in [3.63, 3.8) is 0 Å². The molecule has 0 radical (unpaired) electrons. The van der Waals surface area contributed by atoms with Gasteiger partial charge in [0.15, 0.2) is 11.6 Å². The predicted octanol–water partition coefficient (Wildman–Crippen LogP) is 0.764. The molecule has 26 heavy (non-hydrogen) atoms. The van der Waals surface area contributed by atoms with Gasteiger partial charge in [-0.15, -0.1) is 0 Å². The van der Waals surface area contributed by atoms with Gasteiger partial charge in [0.05, 0.1) is 24.4 Å². The van der Waals surface area contributed by atoms with Gasteiger partial charge < -0.3 is 20.1 Å². The van der Waals surface area contributed by atoms with Crippen molar-refractivity contribution in [3.05, 3.63) is 35.6 Å². The molecule has 5 atom stereocenters. The third-order valence-electron chi connectivity index (χ3n) is 6.21. The van der Waals surface area contributed by atoms with Crippen molar-refractivity contribution in [2.75, 3.05) is 6.61 Å². The Bertz CT molecular complexity index is 788. The molecule has 7 heteroatoms. The van der Waals surface area contributed by atoms with E-state index >= 15 is 0 Å². The first-order valence-corrected chi connectivity index (χ1v) is 8.44. The number of Topliss-reactive ketones (excluding diaryl/α,β-unsaturated/α-hetero) is 2. The Morgan fingerprint density at radius 2 is 1.92 bits per heavy atom. The van der Waals surface area contributed by atoms with Crippen LogP contribution in [0.5, 0.6) is 0 Å². The number of hydrogen-bond acceptors (Lipinski definition) is 7. The van der Waals surface area contributed by atoms with E-state index in [1.54, 1.807) is 19.1 Å². The largest absolute Gasteiger partial charge is 0.508 e.